The minimum absolute atomic E-state index is 0.379. The smallest absolute Gasteiger partial charge is 0.160 e. The quantitative estimate of drug-likeness (QED) is 0.661. The van der Waals surface area contributed by atoms with Crippen LogP contribution in [0.25, 0.3) is 10.9 Å². The van der Waals surface area contributed by atoms with E-state index < -0.39 is 11.6 Å². The van der Waals surface area contributed by atoms with Crippen LogP contribution in [0.3, 0.4) is 0 Å². The highest BCUT2D eigenvalue weighted by molar-refractivity contribution is 6.17. The van der Waals surface area contributed by atoms with Gasteiger partial charge in [0.25, 0.3) is 0 Å². The Hall–Kier alpha value is -1.42. The first kappa shape index (κ1) is 12.0. The van der Waals surface area contributed by atoms with Gasteiger partial charge in [0.15, 0.2) is 17.9 Å². The zero-order valence-electron chi connectivity index (χ0n) is 8.90. The van der Waals surface area contributed by atoms with E-state index in [0.29, 0.717) is 47.2 Å². The molecule has 0 spiro atoms. The SMILES string of the molecule is O=Cc1c(CCCCl)[nH]c2cc(F)c(F)cc12. The molecule has 0 atom stereocenters. The molecule has 0 aliphatic carbocycles. The molecule has 0 aliphatic heterocycles. The molecule has 0 aliphatic rings. The van der Waals surface area contributed by atoms with Gasteiger partial charge in [0.05, 0.1) is 0 Å². The second kappa shape index (κ2) is 4.84. The molecule has 5 heteroatoms. The summed E-state index contributed by atoms with van der Waals surface area (Å²) in [5, 5.41) is 0.406. The molecule has 1 aromatic heterocycles. The van der Waals surface area contributed by atoms with Crippen molar-refractivity contribution in [3.8, 4) is 0 Å². The molecule has 2 rings (SSSR count). The third-order valence-corrected chi connectivity index (χ3v) is 2.91. The van der Waals surface area contributed by atoms with E-state index in [2.05, 4.69) is 4.98 Å². The largest absolute Gasteiger partial charge is 0.358 e. The van der Waals surface area contributed by atoms with E-state index in [-0.39, 0.29) is 0 Å². The van der Waals surface area contributed by atoms with Crippen LogP contribution in [0.1, 0.15) is 22.5 Å². The number of alkyl halides is 1. The van der Waals surface area contributed by atoms with Crippen LogP contribution in [0.15, 0.2) is 12.1 Å². The number of halogens is 3. The van der Waals surface area contributed by atoms with E-state index in [0.717, 1.165) is 12.1 Å². The van der Waals surface area contributed by atoms with Crippen molar-refractivity contribution in [2.45, 2.75) is 12.8 Å². The summed E-state index contributed by atoms with van der Waals surface area (Å²) < 4.78 is 26.1. The van der Waals surface area contributed by atoms with Gasteiger partial charge in [0, 0.05) is 34.1 Å². The third-order valence-electron chi connectivity index (χ3n) is 2.64. The fourth-order valence-corrected chi connectivity index (χ4v) is 1.97. The lowest BCUT2D eigenvalue weighted by Gasteiger charge is -1.96. The predicted octanol–water partition coefficient (Wildman–Crippen LogP) is 3.43. The topological polar surface area (TPSA) is 32.9 Å². The predicted molar refractivity (Wildman–Crippen MR) is 62.6 cm³/mol. The highest BCUT2D eigenvalue weighted by Gasteiger charge is 2.13. The minimum atomic E-state index is -0.955. The maximum atomic E-state index is 13.1. The fourth-order valence-electron chi connectivity index (χ4n) is 1.84. The molecule has 0 radical (unpaired) electrons. The molecular weight excluding hydrogens is 248 g/mol. The van der Waals surface area contributed by atoms with Crippen LogP contribution in [0.2, 0.25) is 0 Å². The maximum absolute atomic E-state index is 13.1. The first-order chi connectivity index (χ1) is 8.17. The van der Waals surface area contributed by atoms with Crippen LogP contribution >= 0.6 is 11.6 Å². The number of rotatable bonds is 4. The van der Waals surface area contributed by atoms with Crippen molar-refractivity contribution in [2.24, 2.45) is 0 Å². The van der Waals surface area contributed by atoms with Gasteiger partial charge in [-0.15, -0.1) is 11.6 Å². The summed E-state index contributed by atoms with van der Waals surface area (Å²) in [5.74, 6) is -1.42. The lowest BCUT2D eigenvalue weighted by atomic mass is 10.1. The molecule has 1 N–H and O–H groups in total. The standard InChI is InChI=1S/C12H10ClF2NO/c13-3-1-2-11-8(6-17)7-4-9(14)10(15)5-12(7)16-11/h4-6,16H,1-3H2. The summed E-state index contributed by atoms with van der Waals surface area (Å²) in [7, 11) is 0. The van der Waals surface area contributed by atoms with Gasteiger partial charge in [-0.3, -0.25) is 4.79 Å². The number of benzene rings is 1. The normalized spacial score (nSPS) is 11.0. The van der Waals surface area contributed by atoms with Crippen molar-refractivity contribution in [1.82, 2.24) is 4.98 Å². The average molecular weight is 258 g/mol. The Morgan fingerprint density at radius 1 is 1.29 bits per heavy atom. The van der Waals surface area contributed by atoms with Gasteiger partial charge in [-0.25, -0.2) is 8.78 Å². The third kappa shape index (κ3) is 2.17. The molecule has 2 nitrogen and oxygen atoms in total. The molecule has 17 heavy (non-hydrogen) atoms. The number of hydrogen-bond acceptors (Lipinski definition) is 1. The van der Waals surface area contributed by atoms with Crippen molar-refractivity contribution in [2.75, 3.05) is 5.88 Å². The molecule has 0 amide bonds. The van der Waals surface area contributed by atoms with Crippen LogP contribution < -0.4 is 0 Å². The van der Waals surface area contributed by atoms with Gasteiger partial charge in [-0.1, -0.05) is 0 Å². The molecule has 2 aromatic rings. The fraction of sp³-hybridized carbons (Fsp3) is 0.250. The van der Waals surface area contributed by atoms with Crippen LogP contribution in [-0.4, -0.2) is 17.2 Å². The minimum Gasteiger partial charge on any atom is -0.358 e. The summed E-state index contributed by atoms with van der Waals surface area (Å²) >= 11 is 5.57. The summed E-state index contributed by atoms with van der Waals surface area (Å²) in [6, 6.07) is 2.09. The second-order valence-corrected chi connectivity index (χ2v) is 4.12. The van der Waals surface area contributed by atoms with E-state index in [1.807, 2.05) is 0 Å². The summed E-state index contributed by atoms with van der Waals surface area (Å²) in [4.78, 5) is 13.9. The Morgan fingerprint density at radius 2 is 2.00 bits per heavy atom. The number of aryl methyl sites for hydroxylation is 1. The van der Waals surface area contributed by atoms with Crippen molar-refractivity contribution in [3.63, 3.8) is 0 Å². The number of nitrogens with one attached hydrogen (secondary N) is 1. The number of fused-ring (bicyclic) bond motifs is 1. The zero-order valence-corrected chi connectivity index (χ0v) is 9.65. The molecular formula is C12H10ClF2NO. The Bertz CT molecular complexity index is 565. The van der Waals surface area contributed by atoms with Gasteiger partial charge in [-0.2, -0.15) is 0 Å². The monoisotopic (exact) mass is 257 g/mol. The van der Waals surface area contributed by atoms with E-state index in [4.69, 9.17) is 11.6 Å². The van der Waals surface area contributed by atoms with Crippen molar-refractivity contribution < 1.29 is 13.6 Å². The lowest BCUT2D eigenvalue weighted by Crippen LogP contribution is -1.91. The number of hydrogen-bond donors (Lipinski definition) is 1. The Balaban J connectivity index is 2.58. The first-order valence-corrected chi connectivity index (χ1v) is 5.71. The van der Waals surface area contributed by atoms with Crippen molar-refractivity contribution in [1.29, 1.82) is 0 Å². The number of H-pyrrole nitrogens is 1. The van der Waals surface area contributed by atoms with E-state index in [1.54, 1.807) is 0 Å². The van der Waals surface area contributed by atoms with Crippen molar-refractivity contribution >= 4 is 28.8 Å². The lowest BCUT2D eigenvalue weighted by molar-refractivity contribution is 0.112. The number of aromatic amines is 1. The van der Waals surface area contributed by atoms with Gasteiger partial charge in [0.1, 0.15) is 0 Å². The Morgan fingerprint density at radius 3 is 2.65 bits per heavy atom. The number of aldehydes is 1. The molecule has 1 heterocycles. The summed E-state index contributed by atoms with van der Waals surface area (Å²) in [5.41, 5.74) is 1.47. The van der Waals surface area contributed by atoms with Gasteiger partial charge < -0.3 is 4.98 Å². The number of carbonyl (C=O) groups is 1. The summed E-state index contributed by atoms with van der Waals surface area (Å²) in [6.45, 7) is 0. The molecule has 0 unspecified atom stereocenters. The highest BCUT2D eigenvalue weighted by atomic mass is 35.5. The van der Waals surface area contributed by atoms with Crippen LogP contribution in [0, 0.1) is 11.6 Å². The maximum Gasteiger partial charge on any atom is 0.160 e. The Labute approximate surface area is 102 Å². The number of aromatic nitrogens is 1. The van der Waals surface area contributed by atoms with Crippen LogP contribution in [-0.2, 0) is 6.42 Å². The molecule has 0 bridgehead atoms. The van der Waals surface area contributed by atoms with Crippen LogP contribution in [0.4, 0.5) is 8.78 Å². The molecule has 0 saturated carbocycles. The zero-order chi connectivity index (χ0) is 12.4. The van der Waals surface area contributed by atoms with Crippen molar-refractivity contribution in [3.05, 3.63) is 35.0 Å². The highest BCUT2D eigenvalue weighted by Crippen LogP contribution is 2.24. The summed E-state index contributed by atoms with van der Waals surface area (Å²) in [6.07, 6.45) is 1.93. The molecule has 90 valence electrons. The molecule has 1 aromatic carbocycles. The Kier molecular flexibility index (Phi) is 3.43. The molecule has 0 saturated heterocycles. The second-order valence-electron chi connectivity index (χ2n) is 3.74. The van der Waals surface area contributed by atoms with E-state index in [9.17, 15) is 13.6 Å². The van der Waals surface area contributed by atoms with Gasteiger partial charge in [-0.05, 0) is 18.9 Å². The van der Waals surface area contributed by atoms with Gasteiger partial charge in [0.2, 0.25) is 0 Å². The molecule has 0 fully saturated rings. The van der Waals surface area contributed by atoms with Gasteiger partial charge >= 0.3 is 0 Å². The van der Waals surface area contributed by atoms with E-state index >= 15 is 0 Å². The first-order valence-electron chi connectivity index (χ1n) is 5.18. The average Bonchev–Trinajstić information content (AvgIpc) is 2.64. The van der Waals surface area contributed by atoms with Crippen LogP contribution in [0.5, 0.6) is 0 Å². The van der Waals surface area contributed by atoms with E-state index in [1.165, 1.54) is 0 Å². The number of carbonyl (C=O) groups excluding carboxylic acids is 1.